The molecule has 0 aliphatic heterocycles. The number of phosphoric acid groups is 1. The number of hydrogen-bond acceptors (Lipinski definition) is 8. The predicted octanol–water partition coefficient (Wildman–Crippen LogP) is 14.8. The van der Waals surface area contributed by atoms with E-state index in [1.165, 1.54) is 173 Å². The number of unbranched alkanes of at least 4 members (excludes halogenated alkanes) is 30. The van der Waals surface area contributed by atoms with Crippen LogP contribution >= 0.6 is 7.82 Å². The maximum absolute atomic E-state index is 12.7. The molecule has 0 amide bonds. The van der Waals surface area contributed by atoms with Crippen LogP contribution in [-0.4, -0.2) is 70.0 Å². The average molecular weight is 898 g/mol. The van der Waals surface area contributed by atoms with Gasteiger partial charge >= 0.3 is 11.9 Å². The second-order valence-electron chi connectivity index (χ2n) is 18.9. The van der Waals surface area contributed by atoms with E-state index in [9.17, 15) is 19.0 Å². The van der Waals surface area contributed by atoms with Gasteiger partial charge in [0.2, 0.25) is 0 Å². The zero-order valence-corrected chi connectivity index (χ0v) is 42.2. The van der Waals surface area contributed by atoms with Crippen LogP contribution < -0.4 is 4.89 Å². The fourth-order valence-corrected chi connectivity index (χ4v) is 8.08. The monoisotopic (exact) mass is 898 g/mol. The lowest BCUT2D eigenvalue weighted by molar-refractivity contribution is -0.870. The van der Waals surface area contributed by atoms with Gasteiger partial charge in [0.05, 0.1) is 27.7 Å². The Bertz CT molecular complexity index is 1110. The third-order valence-electron chi connectivity index (χ3n) is 11.4. The summed E-state index contributed by atoms with van der Waals surface area (Å²) in [6.45, 7) is 4.25. The van der Waals surface area contributed by atoms with Crippen molar-refractivity contribution in [3.8, 4) is 0 Å². The summed E-state index contributed by atoms with van der Waals surface area (Å²) in [6.07, 6.45) is 50.6. The molecule has 0 aromatic heterocycles. The van der Waals surface area contributed by atoms with Crippen molar-refractivity contribution < 1.29 is 42.1 Å². The molecule has 62 heavy (non-hydrogen) atoms. The molecule has 0 rings (SSSR count). The van der Waals surface area contributed by atoms with Crippen molar-refractivity contribution >= 4 is 19.8 Å². The van der Waals surface area contributed by atoms with Gasteiger partial charge in [0.15, 0.2) is 6.10 Å². The summed E-state index contributed by atoms with van der Waals surface area (Å²) in [4.78, 5) is 37.7. The largest absolute Gasteiger partial charge is 0.756 e. The first-order valence-corrected chi connectivity index (χ1v) is 27.5. The lowest BCUT2D eigenvalue weighted by Gasteiger charge is -2.28. The summed E-state index contributed by atoms with van der Waals surface area (Å²) in [5.74, 6) is -0.827. The Morgan fingerprint density at radius 3 is 1.21 bits per heavy atom. The average Bonchev–Trinajstić information content (AvgIpc) is 3.23. The van der Waals surface area contributed by atoms with Gasteiger partial charge in [-0.25, -0.2) is 0 Å². The lowest BCUT2D eigenvalue weighted by atomic mass is 10.0. The van der Waals surface area contributed by atoms with E-state index < -0.39 is 26.5 Å². The third kappa shape index (κ3) is 48.0. The Morgan fingerprint density at radius 1 is 0.484 bits per heavy atom. The second kappa shape index (κ2) is 44.7. The number of esters is 2. The Hall–Kier alpha value is -1.51. The molecular formula is C52H100NO8P. The molecule has 1 unspecified atom stereocenters. The molecule has 0 saturated heterocycles. The molecule has 366 valence electrons. The molecule has 0 fully saturated rings. The van der Waals surface area contributed by atoms with Crippen LogP contribution in [0.4, 0.5) is 0 Å². The van der Waals surface area contributed by atoms with Crippen molar-refractivity contribution in [2.24, 2.45) is 0 Å². The molecule has 0 spiro atoms. The van der Waals surface area contributed by atoms with Crippen LogP contribution in [0.3, 0.4) is 0 Å². The molecule has 0 aliphatic rings. The Balaban J connectivity index is 4.21. The fraction of sp³-hybridized carbons (Fsp3) is 0.885. The first-order chi connectivity index (χ1) is 30.0. The zero-order valence-electron chi connectivity index (χ0n) is 41.3. The Kier molecular flexibility index (Phi) is 43.6. The molecule has 0 aromatic rings. The van der Waals surface area contributed by atoms with E-state index in [0.29, 0.717) is 17.4 Å². The number of carbonyl (C=O) groups is 2. The summed E-state index contributed by atoms with van der Waals surface area (Å²) < 4.78 is 34.1. The molecule has 0 aromatic carbocycles. The van der Waals surface area contributed by atoms with Crippen molar-refractivity contribution in [1.82, 2.24) is 0 Å². The first kappa shape index (κ1) is 60.5. The van der Waals surface area contributed by atoms with E-state index in [2.05, 4.69) is 38.2 Å². The predicted molar refractivity (Wildman–Crippen MR) is 259 cm³/mol. The standard InChI is InChI=1S/C52H100NO8P/c1-6-8-10-12-14-16-18-20-22-24-25-26-27-29-30-32-34-36-38-40-42-44-51(54)58-48-50(49-60-62(56,57)59-47-46-53(3,4)5)61-52(55)45-43-41-39-37-35-33-31-28-23-21-19-17-15-13-11-9-7-2/h17,19-20,22,50H,6-16,18,21,23-49H2,1-5H3/b19-17+,22-20+/t50-/m1/s1. The van der Waals surface area contributed by atoms with Gasteiger partial charge in [0.25, 0.3) is 7.82 Å². The SMILES string of the molecule is CCCCCC/C=C/CCCCCCCCCCCC(=O)O[C@H](COC(=O)CCCCCCCCCCCCC/C=C/CCCCCCCC)COP(=O)([O-])OCC[N+](C)(C)C. The molecular weight excluding hydrogens is 798 g/mol. The van der Waals surface area contributed by atoms with Crippen molar-refractivity contribution in [2.75, 3.05) is 47.5 Å². The van der Waals surface area contributed by atoms with Crippen LogP contribution in [0.5, 0.6) is 0 Å². The highest BCUT2D eigenvalue weighted by Crippen LogP contribution is 2.38. The van der Waals surface area contributed by atoms with E-state index in [0.717, 1.165) is 38.5 Å². The van der Waals surface area contributed by atoms with Crippen LogP contribution in [0.2, 0.25) is 0 Å². The van der Waals surface area contributed by atoms with Crippen LogP contribution in [0.15, 0.2) is 24.3 Å². The topological polar surface area (TPSA) is 111 Å². The molecule has 9 nitrogen and oxygen atoms in total. The third-order valence-corrected chi connectivity index (χ3v) is 12.4. The summed E-state index contributed by atoms with van der Waals surface area (Å²) in [7, 11) is 1.17. The highest BCUT2D eigenvalue weighted by molar-refractivity contribution is 7.45. The number of quaternary nitrogens is 1. The van der Waals surface area contributed by atoms with Gasteiger partial charge in [-0.05, 0) is 64.2 Å². The number of carbonyl (C=O) groups excluding carboxylic acids is 2. The minimum atomic E-state index is -4.63. The van der Waals surface area contributed by atoms with Crippen molar-refractivity contribution in [3.05, 3.63) is 24.3 Å². The normalized spacial score (nSPS) is 13.6. The number of likely N-dealkylation sites (N-methyl/N-ethyl adjacent to an activating group) is 1. The first-order valence-electron chi connectivity index (χ1n) is 26.0. The van der Waals surface area contributed by atoms with Gasteiger partial charge in [0.1, 0.15) is 19.8 Å². The minimum Gasteiger partial charge on any atom is -0.756 e. The fourth-order valence-electron chi connectivity index (χ4n) is 7.35. The maximum atomic E-state index is 12.7. The molecule has 0 heterocycles. The highest BCUT2D eigenvalue weighted by Gasteiger charge is 2.21. The van der Waals surface area contributed by atoms with Gasteiger partial charge in [-0.2, -0.15) is 0 Å². The number of ether oxygens (including phenoxy) is 2. The van der Waals surface area contributed by atoms with Crippen molar-refractivity contribution in [3.63, 3.8) is 0 Å². The molecule has 0 aliphatic carbocycles. The summed E-state index contributed by atoms with van der Waals surface area (Å²) >= 11 is 0. The summed E-state index contributed by atoms with van der Waals surface area (Å²) in [5.41, 5.74) is 0. The molecule has 0 radical (unpaired) electrons. The highest BCUT2D eigenvalue weighted by atomic mass is 31.2. The molecule has 0 bridgehead atoms. The van der Waals surface area contributed by atoms with Crippen LogP contribution in [0.1, 0.15) is 245 Å². The number of phosphoric ester groups is 1. The quantitative estimate of drug-likeness (QED) is 0.0195. The maximum Gasteiger partial charge on any atom is 0.306 e. The van der Waals surface area contributed by atoms with E-state index in [4.69, 9.17) is 18.5 Å². The number of hydrogen-bond donors (Lipinski definition) is 0. The molecule has 0 saturated carbocycles. The minimum absolute atomic E-state index is 0.0295. The number of rotatable bonds is 48. The Labute approximate surface area is 383 Å². The Morgan fingerprint density at radius 2 is 0.823 bits per heavy atom. The number of allylic oxidation sites excluding steroid dienone is 4. The van der Waals surface area contributed by atoms with Gasteiger partial charge in [-0.15, -0.1) is 0 Å². The molecule has 10 heteroatoms. The van der Waals surface area contributed by atoms with Crippen molar-refractivity contribution in [1.29, 1.82) is 0 Å². The van der Waals surface area contributed by atoms with Gasteiger partial charge in [0, 0.05) is 12.8 Å². The van der Waals surface area contributed by atoms with Gasteiger partial charge in [-0.1, -0.05) is 192 Å². The lowest BCUT2D eigenvalue weighted by Crippen LogP contribution is -2.37. The van der Waals surface area contributed by atoms with E-state index >= 15 is 0 Å². The van der Waals surface area contributed by atoms with E-state index in [1.54, 1.807) is 0 Å². The smallest absolute Gasteiger partial charge is 0.306 e. The van der Waals surface area contributed by atoms with Gasteiger partial charge in [-0.3, -0.25) is 14.2 Å². The van der Waals surface area contributed by atoms with Crippen LogP contribution in [0.25, 0.3) is 0 Å². The second-order valence-corrected chi connectivity index (χ2v) is 20.3. The molecule has 2 atom stereocenters. The van der Waals surface area contributed by atoms with Crippen LogP contribution in [0, 0.1) is 0 Å². The summed E-state index contributed by atoms with van der Waals surface area (Å²) in [6, 6.07) is 0. The van der Waals surface area contributed by atoms with Crippen molar-refractivity contribution in [2.45, 2.75) is 251 Å². The molecule has 0 N–H and O–H groups in total. The number of nitrogens with zero attached hydrogens (tertiary/aromatic N) is 1. The summed E-state index contributed by atoms with van der Waals surface area (Å²) in [5, 5.41) is 0. The van der Waals surface area contributed by atoms with E-state index in [1.807, 2.05) is 21.1 Å². The van der Waals surface area contributed by atoms with Crippen LogP contribution in [-0.2, 0) is 32.7 Å². The van der Waals surface area contributed by atoms with E-state index in [-0.39, 0.29) is 32.0 Å². The zero-order chi connectivity index (χ0) is 45.7. The van der Waals surface area contributed by atoms with Gasteiger partial charge < -0.3 is 27.9 Å².